The molecule has 0 heterocycles. The SMILES string of the molecule is CC/C=C\C/C=C\C/C=C\C/C=C\C/C=C\CCCC(=O)OC[C@@H](COCCCCCCCCCCCCCCCCCC)OC(=O)CCCCCCCCC/C=C\C/C=C\CCCCC. The molecule has 0 N–H and O–H groups in total. The number of allylic oxidation sites excluding steroid dienone is 14. The molecule has 0 aromatic rings. The third-order valence-corrected chi connectivity index (χ3v) is 11.9. The number of carbonyl (C=O) groups is 2. The molecule has 66 heavy (non-hydrogen) atoms. The molecule has 380 valence electrons. The molecule has 0 rings (SSSR count). The van der Waals surface area contributed by atoms with E-state index in [0.29, 0.717) is 19.4 Å². The second kappa shape index (κ2) is 56.4. The number of unbranched alkanes of at least 4 members (excludes halogenated alkanes) is 26. The lowest BCUT2D eigenvalue weighted by atomic mass is 10.0. The topological polar surface area (TPSA) is 61.8 Å². The second-order valence-corrected chi connectivity index (χ2v) is 18.5. The fourth-order valence-electron chi connectivity index (χ4n) is 7.75. The van der Waals surface area contributed by atoms with Crippen LogP contribution >= 0.6 is 0 Å². The van der Waals surface area contributed by atoms with Crippen LogP contribution < -0.4 is 0 Å². The van der Waals surface area contributed by atoms with E-state index in [1.807, 2.05) is 0 Å². The molecule has 0 unspecified atom stereocenters. The minimum Gasteiger partial charge on any atom is -0.462 e. The maximum atomic E-state index is 12.8. The van der Waals surface area contributed by atoms with Crippen LogP contribution in [0.3, 0.4) is 0 Å². The monoisotopic (exact) mass is 919 g/mol. The number of rotatable bonds is 51. The molecule has 0 aromatic heterocycles. The third-order valence-electron chi connectivity index (χ3n) is 11.9. The lowest BCUT2D eigenvalue weighted by molar-refractivity contribution is -0.163. The van der Waals surface area contributed by atoms with Crippen LogP contribution in [0.15, 0.2) is 85.1 Å². The van der Waals surface area contributed by atoms with Gasteiger partial charge in [0.1, 0.15) is 6.61 Å². The first kappa shape index (κ1) is 63.1. The van der Waals surface area contributed by atoms with E-state index in [0.717, 1.165) is 83.5 Å². The van der Waals surface area contributed by atoms with Crippen LogP contribution in [0.2, 0.25) is 0 Å². The standard InChI is InChI=1S/C61H106O5/c1-4-7-10-13-16-19-22-25-28-31-33-36-39-42-45-48-51-54-60(62)65-58-59(57-64-56-53-50-47-44-41-38-35-30-27-24-21-18-15-12-9-6-3)66-61(63)55-52-49-46-43-40-37-34-32-29-26-23-20-17-14-11-8-5-2/h7,10,16-17,19-20,25-26,28-29,33,36,42,45,59H,4-6,8-9,11-15,18,21-24,27,30-32,34-35,37-41,43-44,46-58H2,1-3H3/b10-7-,19-16-,20-17-,28-25-,29-26-,36-33-,45-42-/t59-/m1/s1. The van der Waals surface area contributed by atoms with E-state index >= 15 is 0 Å². The quantitative estimate of drug-likeness (QED) is 0.0346. The lowest BCUT2D eigenvalue weighted by Gasteiger charge is -2.18. The van der Waals surface area contributed by atoms with Gasteiger partial charge >= 0.3 is 11.9 Å². The van der Waals surface area contributed by atoms with E-state index < -0.39 is 6.10 Å². The average Bonchev–Trinajstić information content (AvgIpc) is 3.32. The summed E-state index contributed by atoms with van der Waals surface area (Å²) in [6.07, 6.45) is 74.6. The smallest absolute Gasteiger partial charge is 0.306 e. The summed E-state index contributed by atoms with van der Waals surface area (Å²) in [5.41, 5.74) is 0. The number of ether oxygens (including phenoxy) is 3. The number of hydrogen-bond donors (Lipinski definition) is 0. The summed E-state index contributed by atoms with van der Waals surface area (Å²) in [4.78, 5) is 25.5. The van der Waals surface area contributed by atoms with Crippen molar-refractivity contribution < 1.29 is 23.8 Å². The molecule has 5 nitrogen and oxygen atoms in total. The Balaban J connectivity index is 4.37. The maximum Gasteiger partial charge on any atom is 0.306 e. The first-order chi connectivity index (χ1) is 32.6. The van der Waals surface area contributed by atoms with E-state index in [1.54, 1.807) is 0 Å². The Labute approximate surface area is 409 Å². The van der Waals surface area contributed by atoms with Crippen molar-refractivity contribution in [2.45, 2.75) is 271 Å². The normalized spacial score (nSPS) is 12.8. The molecule has 1 atom stereocenters. The van der Waals surface area contributed by atoms with Crippen molar-refractivity contribution in [1.82, 2.24) is 0 Å². The van der Waals surface area contributed by atoms with Gasteiger partial charge in [-0.25, -0.2) is 0 Å². The van der Waals surface area contributed by atoms with Gasteiger partial charge in [0.15, 0.2) is 6.10 Å². The average molecular weight is 920 g/mol. The van der Waals surface area contributed by atoms with Crippen LogP contribution in [0.4, 0.5) is 0 Å². The van der Waals surface area contributed by atoms with Crippen LogP contribution in [-0.2, 0) is 23.8 Å². The van der Waals surface area contributed by atoms with Crippen LogP contribution in [0.1, 0.15) is 265 Å². The summed E-state index contributed by atoms with van der Waals surface area (Å²) >= 11 is 0. The summed E-state index contributed by atoms with van der Waals surface area (Å²) in [6, 6.07) is 0. The Hall–Kier alpha value is -2.92. The number of carbonyl (C=O) groups excluding carboxylic acids is 2. The van der Waals surface area contributed by atoms with Crippen molar-refractivity contribution in [3.05, 3.63) is 85.1 Å². The maximum absolute atomic E-state index is 12.8. The summed E-state index contributed by atoms with van der Waals surface area (Å²) in [7, 11) is 0. The van der Waals surface area contributed by atoms with Crippen molar-refractivity contribution in [1.29, 1.82) is 0 Å². The van der Waals surface area contributed by atoms with Gasteiger partial charge in [0, 0.05) is 19.4 Å². The highest BCUT2D eigenvalue weighted by atomic mass is 16.6. The van der Waals surface area contributed by atoms with Crippen molar-refractivity contribution in [3.8, 4) is 0 Å². The molecule has 0 aliphatic heterocycles. The van der Waals surface area contributed by atoms with E-state index in [1.165, 1.54) is 148 Å². The van der Waals surface area contributed by atoms with Gasteiger partial charge in [-0.1, -0.05) is 247 Å². The molecule has 0 saturated carbocycles. The summed E-state index contributed by atoms with van der Waals surface area (Å²) in [5.74, 6) is -0.467. The zero-order valence-electron chi connectivity index (χ0n) is 43.7. The predicted molar refractivity (Wildman–Crippen MR) is 288 cm³/mol. The van der Waals surface area contributed by atoms with Crippen molar-refractivity contribution in [2.24, 2.45) is 0 Å². The molecule has 0 saturated heterocycles. The Morgan fingerprint density at radius 2 is 0.697 bits per heavy atom. The molecule has 0 bridgehead atoms. The minimum absolute atomic E-state index is 0.0517. The number of hydrogen-bond acceptors (Lipinski definition) is 5. The Kier molecular flexibility index (Phi) is 53.9. The predicted octanol–water partition coefficient (Wildman–Crippen LogP) is 19.2. The van der Waals surface area contributed by atoms with Gasteiger partial charge in [-0.3, -0.25) is 9.59 Å². The van der Waals surface area contributed by atoms with E-state index in [-0.39, 0.29) is 25.2 Å². The number of esters is 2. The molecule has 0 radical (unpaired) electrons. The van der Waals surface area contributed by atoms with E-state index in [2.05, 4.69) is 106 Å². The largest absolute Gasteiger partial charge is 0.462 e. The van der Waals surface area contributed by atoms with Crippen LogP contribution in [-0.4, -0.2) is 37.9 Å². The first-order valence-electron chi connectivity index (χ1n) is 28.1. The van der Waals surface area contributed by atoms with Crippen molar-refractivity contribution >= 4 is 11.9 Å². The van der Waals surface area contributed by atoms with Gasteiger partial charge in [0.05, 0.1) is 6.61 Å². The first-order valence-corrected chi connectivity index (χ1v) is 28.1. The second-order valence-electron chi connectivity index (χ2n) is 18.5. The van der Waals surface area contributed by atoms with Crippen LogP contribution in [0, 0.1) is 0 Å². The van der Waals surface area contributed by atoms with E-state index in [4.69, 9.17) is 14.2 Å². The van der Waals surface area contributed by atoms with Gasteiger partial charge in [-0.2, -0.15) is 0 Å². The molecule has 0 aromatic carbocycles. The summed E-state index contributed by atoms with van der Waals surface area (Å²) < 4.78 is 17.4. The summed E-state index contributed by atoms with van der Waals surface area (Å²) in [6.45, 7) is 7.65. The van der Waals surface area contributed by atoms with Gasteiger partial charge in [-0.05, 0) is 89.9 Å². The van der Waals surface area contributed by atoms with Gasteiger partial charge in [-0.15, -0.1) is 0 Å². The van der Waals surface area contributed by atoms with Crippen molar-refractivity contribution in [2.75, 3.05) is 19.8 Å². The Morgan fingerprint density at radius 1 is 0.348 bits per heavy atom. The fourth-order valence-corrected chi connectivity index (χ4v) is 7.75. The molecular weight excluding hydrogens is 813 g/mol. The molecular formula is C61H106O5. The van der Waals surface area contributed by atoms with Gasteiger partial charge in [0.2, 0.25) is 0 Å². The molecule has 0 aliphatic rings. The Bertz CT molecular complexity index is 1220. The third kappa shape index (κ3) is 53.7. The van der Waals surface area contributed by atoms with Gasteiger partial charge in [0.25, 0.3) is 0 Å². The minimum atomic E-state index is -0.565. The fraction of sp³-hybridized carbons (Fsp3) is 0.738. The molecule has 0 aliphatic carbocycles. The van der Waals surface area contributed by atoms with Crippen LogP contribution in [0.5, 0.6) is 0 Å². The highest BCUT2D eigenvalue weighted by Gasteiger charge is 2.17. The highest BCUT2D eigenvalue weighted by molar-refractivity contribution is 5.70. The lowest BCUT2D eigenvalue weighted by Crippen LogP contribution is -2.30. The Morgan fingerprint density at radius 3 is 1.17 bits per heavy atom. The molecule has 0 fully saturated rings. The molecule has 0 amide bonds. The van der Waals surface area contributed by atoms with Crippen LogP contribution in [0.25, 0.3) is 0 Å². The zero-order chi connectivity index (χ0) is 47.7. The van der Waals surface area contributed by atoms with E-state index in [9.17, 15) is 9.59 Å². The molecule has 0 spiro atoms. The highest BCUT2D eigenvalue weighted by Crippen LogP contribution is 2.15. The summed E-state index contributed by atoms with van der Waals surface area (Å²) in [5, 5.41) is 0. The van der Waals surface area contributed by atoms with Crippen molar-refractivity contribution in [3.63, 3.8) is 0 Å². The van der Waals surface area contributed by atoms with Gasteiger partial charge < -0.3 is 14.2 Å². The molecule has 5 heteroatoms. The zero-order valence-corrected chi connectivity index (χ0v) is 43.7.